The van der Waals surface area contributed by atoms with Gasteiger partial charge < -0.3 is 10.2 Å². The second kappa shape index (κ2) is 4.75. The van der Waals surface area contributed by atoms with Crippen molar-refractivity contribution in [1.82, 2.24) is 15.5 Å². The van der Waals surface area contributed by atoms with Crippen LogP contribution in [0, 0.1) is 0 Å². The second-order valence-electron chi connectivity index (χ2n) is 3.78. The first-order valence-electron chi connectivity index (χ1n) is 5.45. The molecule has 1 atom stereocenters. The molecular weight excluding hydrogens is 178 g/mol. The summed E-state index contributed by atoms with van der Waals surface area (Å²) in [5.74, 6) is 0.175. The molecule has 0 aromatic rings. The zero-order chi connectivity index (χ0) is 10.6. The number of carbonyl (C=O) groups is 1. The minimum atomic E-state index is -0.271. The zero-order valence-electron chi connectivity index (χ0n) is 9.39. The van der Waals surface area contributed by atoms with Crippen molar-refractivity contribution >= 4 is 5.91 Å². The highest BCUT2D eigenvalue weighted by Crippen LogP contribution is 2.22. The molecule has 0 aromatic heterocycles. The molecule has 4 nitrogen and oxygen atoms in total. The van der Waals surface area contributed by atoms with Crippen molar-refractivity contribution < 1.29 is 4.79 Å². The minimum absolute atomic E-state index is 0.175. The Morgan fingerprint density at radius 3 is 2.64 bits per heavy atom. The fourth-order valence-electron chi connectivity index (χ4n) is 2.14. The van der Waals surface area contributed by atoms with Crippen molar-refractivity contribution in [3.05, 3.63) is 0 Å². The number of hydrogen-bond donors (Lipinski definition) is 2. The van der Waals surface area contributed by atoms with Gasteiger partial charge in [-0.05, 0) is 26.4 Å². The summed E-state index contributed by atoms with van der Waals surface area (Å²) in [6.45, 7) is 6.59. The Balaban J connectivity index is 0.000000461. The van der Waals surface area contributed by atoms with Crippen LogP contribution in [-0.2, 0) is 4.79 Å². The molecule has 2 rings (SSSR count). The van der Waals surface area contributed by atoms with Gasteiger partial charge in [-0.3, -0.25) is 10.1 Å². The highest BCUT2D eigenvalue weighted by atomic mass is 16.2. The van der Waals surface area contributed by atoms with Gasteiger partial charge >= 0.3 is 0 Å². The number of rotatable bonds is 0. The molecule has 2 heterocycles. The molecule has 1 amide bonds. The summed E-state index contributed by atoms with van der Waals surface area (Å²) < 4.78 is 0. The van der Waals surface area contributed by atoms with Crippen LogP contribution in [0.1, 0.15) is 26.7 Å². The first-order valence-corrected chi connectivity index (χ1v) is 5.45. The molecule has 14 heavy (non-hydrogen) atoms. The molecule has 2 fully saturated rings. The monoisotopic (exact) mass is 199 g/mol. The van der Waals surface area contributed by atoms with Gasteiger partial charge in [0.15, 0.2) is 0 Å². The van der Waals surface area contributed by atoms with Gasteiger partial charge in [0.05, 0.1) is 6.67 Å². The quantitative estimate of drug-likeness (QED) is 0.584. The number of nitrogens with zero attached hydrogens (tertiary/aromatic N) is 1. The number of nitrogens with one attached hydrogen (secondary N) is 2. The van der Waals surface area contributed by atoms with E-state index in [2.05, 4.69) is 22.6 Å². The lowest BCUT2D eigenvalue weighted by atomic mass is 9.89. The maximum absolute atomic E-state index is 11.5. The van der Waals surface area contributed by atoms with Crippen molar-refractivity contribution in [3.63, 3.8) is 0 Å². The van der Waals surface area contributed by atoms with Crippen LogP contribution in [0.15, 0.2) is 0 Å². The van der Waals surface area contributed by atoms with Gasteiger partial charge in [-0.15, -0.1) is 0 Å². The summed E-state index contributed by atoms with van der Waals surface area (Å²) in [5, 5.41) is 6.07. The predicted octanol–water partition coefficient (Wildman–Crippen LogP) is 0.154. The van der Waals surface area contributed by atoms with Gasteiger partial charge in [-0.1, -0.05) is 13.8 Å². The third-order valence-electron chi connectivity index (χ3n) is 2.79. The SMILES string of the molecule is CC.CN1CCCC2(C1)NCNC2=O. The highest BCUT2D eigenvalue weighted by molar-refractivity contribution is 5.88. The molecule has 82 valence electrons. The highest BCUT2D eigenvalue weighted by Gasteiger charge is 2.44. The normalized spacial score (nSPS) is 32.4. The van der Waals surface area contributed by atoms with E-state index in [9.17, 15) is 4.79 Å². The number of amides is 1. The van der Waals surface area contributed by atoms with E-state index in [0.29, 0.717) is 6.67 Å². The van der Waals surface area contributed by atoms with Gasteiger partial charge in [0.25, 0.3) is 0 Å². The van der Waals surface area contributed by atoms with Gasteiger partial charge in [0.1, 0.15) is 5.54 Å². The van der Waals surface area contributed by atoms with Gasteiger partial charge in [-0.2, -0.15) is 0 Å². The number of hydrogen-bond acceptors (Lipinski definition) is 3. The summed E-state index contributed by atoms with van der Waals surface area (Å²) in [4.78, 5) is 13.7. The lowest BCUT2D eigenvalue weighted by Gasteiger charge is -2.36. The Bertz CT molecular complexity index is 208. The van der Waals surface area contributed by atoms with E-state index in [1.807, 2.05) is 13.8 Å². The maximum Gasteiger partial charge on any atom is 0.242 e. The molecule has 0 radical (unpaired) electrons. The Labute approximate surface area is 86.0 Å². The Hall–Kier alpha value is -0.610. The molecule has 0 bridgehead atoms. The molecule has 2 saturated heterocycles. The van der Waals surface area contributed by atoms with Crippen LogP contribution >= 0.6 is 0 Å². The third-order valence-corrected chi connectivity index (χ3v) is 2.79. The van der Waals surface area contributed by atoms with Gasteiger partial charge in [0.2, 0.25) is 5.91 Å². The summed E-state index contributed by atoms with van der Waals surface area (Å²) >= 11 is 0. The van der Waals surface area contributed by atoms with Crippen LogP contribution in [0.3, 0.4) is 0 Å². The summed E-state index contributed by atoms with van der Waals surface area (Å²) in [6, 6.07) is 0. The molecule has 2 N–H and O–H groups in total. The second-order valence-corrected chi connectivity index (χ2v) is 3.78. The molecule has 2 aliphatic heterocycles. The third kappa shape index (κ3) is 2.07. The van der Waals surface area contributed by atoms with Crippen LogP contribution in [0.25, 0.3) is 0 Å². The fourth-order valence-corrected chi connectivity index (χ4v) is 2.14. The van der Waals surface area contributed by atoms with E-state index in [4.69, 9.17) is 0 Å². The molecule has 2 aliphatic rings. The maximum atomic E-state index is 11.5. The van der Waals surface area contributed by atoms with Gasteiger partial charge in [-0.25, -0.2) is 0 Å². The van der Waals surface area contributed by atoms with Crippen molar-refractivity contribution in [2.24, 2.45) is 0 Å². The number of likely N-dealkylation sites (N-methyl/N-ethyl adjacent to an activating group) is 1. The lowest BCUT2D eigenvalue weighted by molar-refractivity contribution is -0.125. The largest absolute Gasteiger partial charge is 0.342 e. The van der Waals surface area contributed by atoms with E-state index >= 15 is 0 Å². The Kier molecular flexibility index (Phi) is 3.89. The van der Waals surface area contributed by atoms with Crippen LogP contribution in [0.5, 0.6) is 0 Å². The number of carbonyl (C=O) groups excluding carboxylic acids is 1. The summed E-state index contributed by atoms with van der Waals surface area (Å²) in [7, 11) is 2.06. The van der Waals surface area contributed by atoms with Crippen LogP contribution in [0.4, 0.5) is 0 Å². The van der Waals surface area contributed by atoms with Crippen LogP contribution in [-0.4, -0.2) is 43.2 Å². The van der Waals surface area contributed by atoms with E-state index in [0.717, 1.165) is 25.9 Å². The average Bonchev–Trinajstić information content (AvgIpc) is 2.51. The van der Waals surface area contributed by atoms with E-state index in [-0.39, 0.29) is 11.4 Å². The van der Waals surface area contributed by atoms with Crippen molar-refractivity contribution in [2.75, 3.05) is 26.8 Å². The predicted molar refractivity (Wildman–Crippen MR) is 57.0 cm³/mol. The Morgan fingerprint density at radius 2 is 2.14 bits per heavy atom. The molecule has 0 saturated carbocycles. The van der Waals surface area contributed by atoms with Crippen molar-refractivity contribution in [1.29, 1.82) is 0 Å². The number of likely N-dealkylation sites (tertiary alicyclic amines) is 1. The fraction of sp³-hybridized carbons (Fsp3) is 0.900. The zero-order valence-corrected chi connectivity index (χ0v) is 9.39. The first-order chi connectivity index (χ1) is 6.73. The van der Waals surface area contributed by atoms with Gasteiger partial charge in [0, 0.05) is 6.54 Å². The topological polar surface area (TPSA) is 44.4 Å². The standard InChI is InChI=1S/C8H15N3O.C2H6/c1-11-4-2-3-8(5-11)7(12)9-6-10-8;1-2/h10H,2-6H2,1H3,(H,9,12);1-2H3. The first kappa shape index (κ1) is 11.5. The molecule has 0 aromatic carbocycles. The van der Waals surface area contributed by atoms with E-state index < -0.39 is 0 Å². The molecule has 1 unspecified atom stereocenters. The molecule has 4 heteroatoms. The van der Waals surface area contributed by atoms with Crippen LogP contribution in [0.2, 0.25) is 0 Å². The average molecular weight is 199 g/mol. The van der Waals surface area contributed by atoms with Crippen LogP contribution < -0.4 is 10.6 Å². The number of piperidine rings is 1. The van der Waals surface area contributed by atoms with Crippen molar-refractivity contribution in [2.45, 2.75) is 32.2 Å². The summed E-state index contributed by atoms with van der Waals surface area (Å²) in [5.41, 5.74) is -0.271. The smallest absolute Gasteiger partial charge is 0.242 e. The van der Waals surface area contributed by atoms with E-state index in [1.165, 1.54) is 0 Å². The lowest BCUT2D eigenvalue weighted by Crippen LogP contribution is -2.57. The van der Waals surface area contributed by atoms with Crippen molar-refractivity contribution in [3.8, 4) is 0 Å². The molecule has 1 spiro atoms. The summed E-state index contributed by atoms with van der Waals surface area (Å²) in [6.07, 6.45) is 2.08. The minimum Gasteiger partial charge on any atom is -0.342 e. The Morgan fingerprint density at radius 1 is 1.43 bits per heavy atom. The van der Waals surface area contributed by atoms with E-state index in [1.54, 1.807) is 0 Å². The molecular formula is C10H21N3O. The molecule has 0 aliphatic carbocycles.